The number of para-hydroxylation sites is 1. The summed E-state index contributed by atoms with van der Waals surface area (Å²) in [6.07, 6.45) is 0.423. The van der Waals surface area contributed by atoms with Crippen molar-refractivity contribution in [2.75, 3.05) is 13.6 Å². The lowest BCUT2D eigenvalue weighted by atomic mass is 10.2. The Kier molecular flexibility index (Phi) is 5.27. The van der Waals surface area contributed by atoms with Crippen LogP contribution in [0.15, 0.2) is 29.1 Å². The van der Waals surface area contributed by atoms with E-state index in [2.05, 4.69) is 15.3 Å². The van der Waals surface area contributed by atoms with E-state index in [4.69, 9.17) is 0 Å². The van der Waals surface area contributed by atoms with E-state index in [0.29, 0.717) is 36.2 Å². The van der Waals surface area contributed by atoms with Gasteiger partial charge in [-0.05, 0) is 33.0 Å². The molecule has 1 aromatic heterocycles. The van der Waals surface area contributed by atoms with E-state index in [0.717, 1.165) is 0 Å². The van der Waals surface area contributed by atoms with E-state index in [9.17, 15) is 9.59 Å². The lowest BCUT2D eigenvalue weighted by Crippen LogP contribution is -2.38. The Labute approximate surface area is 129 Å². The third kappa shape index (κ3) is 3.71. The lowest BCUT2D eigenvalue weighted by molar-refractivity contribution is -0.133. The molecule has 6 nitrogen and oxygen atoms in total. The van der Waals surface area contributed by atoms with Crippen LogP contribution in [-0.2, 0) is 11.3 Å². The topological polar surface area (TPSA) is 78.1 Å². The third-order valence-corrected chi connectivity index (χ3v) is 3.51. The molecule has 2 aromatic rings. The number of fused-ring (bicyclic) bond motifs is 1. The molecule has 0 unspecified atom stereocenters. The van der Waals surface area contributed by atoms with Crippen molar-refractivity contribution in [1.82, 2.24) is 20.2 Å². The van der Waals surface area contributed by atoms with E-state index >= 15 is 0 Å². The normalized spacial score (nSPS) is 11.1. The molecular weight excluding hydrogens is 280 g/mol. The highest BCUT2D eigenvalue weighted by atomic mass is 16.2. The average molecular weight is 302 g/mol. The summed E-state index contributed by atoms with van der Waals surface area (Å²) in [4.78, 5) is 33.3. The highest BCUT2D eigenvalue weighted by Gasteiger charge is 2.18. The third-order valence-electron chi connectivity index (χ3n) is 3.51. The summed E-state index contributed by atoms with van der Waals surface area (Å²) < 4.78 is 0. The quantitative estimate of drug-likeness (QED) is 0.842. The number of aromatic amines is 1. The van der Waals surface area contributed by atoms with Crippen LogP contribution in [0.4, 0.5) is 0 Å². The fraction of sp³-hybridized carbons (Fsp3) is 0.438. The van der Waals surface area contributed by atoms with Crippen molar-refractivity contribution in [3.05, 3.63) is 40.4 Å². The molecule has 6 heteroatoms. The molecule has 22 heavy (non-hydrogen) atoms. The number of rotatable bonds is 6. The molecule has 0 aliphatic rings. The van der Waals surface area contributed by atoms with Crippen LogP contribution in [0, 0.1) is 0 Å². The van der Waals surface area contributed by atoms with Crippen LogP contribution in [0.2, 0.25) is 0 Å². The van der Waals surface area contributed by atoms with E-state index in [1.54, 1.807) is 23.1 Å². The van der Waals surface area contributed by atoms with Gasteiger partial charge in [-0.25, -0.2) is 4.98 Å². The predicted octanol–water partition coefficient (Wildman–Crippen LogP) is 1.27. The van der Waals surface area contributed by atoms with Gasteiger partial charge in [-0.1, -0.05) is 12.1 Å². The Balaban J connectivity index is 2.26. The molecule has 0 saturated carbocycles. The number of carbonyl (C=O) groups excluding carboxylic acids is 1. The fourth-order valence-electron chi connectivity index (χ4n) is 2.31. The van der Waals surface area contributed by atoms with E-state index in [1.807, 2.05) is 27.0 Å². The van der Waals surface area contributed by atoms with Crippen LogP contribution in [0.25, 0.3) is 10.9 Å². The van der Waals surface area contributed by atoms with Crippen molar-refractivity contribution in [2.24, 2.45) is 0 Å². The minimum absolute atomic E-state index is 0.0418. The zero-order valence-electron chi connectivity index (χ0n) is 13.2. The minimum Gasteiger partial charge on any atom is -0.333 e. The SMILES string of the molecule is CNCCC(=O)N(Cc1nc2ccccc2c(=O)[nH]1)C(C)C. The number of amides is 1. The first-order chi connectivity index (χ1) is 10.5. The number of benzene rings is 1. The van der Waals surface area contributed by atoms with Gasteiger partial charge in [-0.2, -0.15) is 0 Å². The lowest BCUT2D eigenvalue weighted by Gasteiger charge is -2.26. The van der Waals surface area contributed by atoms with Crippen LogP contribution >= 0.6 is 0 Å². The Morgan fingerprint density at radius 2 is 2.09 bits per heavy atom. The molecule has 118 valence electrons. The van der Waals surface area contributed by atoms with Crippen molar-refractivity contribution >= 4 is 16.8 Å². The summed E-state index contributed by atoms with van der Waals surface area (Å²) in [5, 5.41) is 3.53. The largest absolute Gasteiger partial charge is 0.333 e. The van der Waals surface area contributed by atoms with Gasteiger partial charge < -0.3 is 15.2 Å². The van der Waals surface area contributed by atoms with Gasteiger partial charge in [0.25, 0.3) is 5.56 Å². The zero-order valence-corrected chi connectivity index (χ0v) is 13.2. The second kappa shape index (κ2) is 7.17. The highest BCUT2D eigenvalue weighted by molar-refractivity contribution is 5.78. The number of nitrogens with zero attached hydrogens (tertiary/aromatic N) is 2. The van der Waals surface area contributed by atoms with Gasteiger partial charge in [0.15, 0.2) is 0 Å². The standard InChI is InChI=1S/C16H22N4O2/c1-11(2)20(15(21)8-9-17-3)10-14-18-13-7-5-4-6-12(13)16(22)19-14/h4-7,11,17H,8-10H2,1-3H3,(H,18,19,22). The molecule has 1 aromatic carbocycles. The Morgan fingerprint density at radius 3 is 2.77 bits per heavy atom. The Hall–Kier alpha value is -2.21. The first-order valence-electron chi connectivity index (χ1n) is 7.45. The molecule has 0 fully saturated rings. The summed E-state index contributed by atoms with van der Waals surface area (Å²) in [5.41, 5.74) is 0.472. The molecule has 2 N–H and O–H groups in total. The minimum atomic E-state index is -0.174. The van der Waals surface area contributed by atoms with Gasteiger partial charge >= 0.3 is 0 Å². The molecule has 1 amide bonds. The van der Waals surface area contributed by atoms with E-state index < -0.39 is 0 Å². The van der Waals surface area contributed by atoms with Crippen LogP contribution in [0.1, 0.15) is 26.1 Å². The number of hydrogen-bond acceptors (Lipinski definition) is 4. The maximum atomic E-state index is 12.3. The zero-order chi connectivity index (χ0) is 16.1. The van der Waals surface area contributed by atoms with Crippen molar-refractivity contribution in [2.45, 2.75) is 32.9 Å². The number of hydrogen-bond donors (Lipinski definition) is 2. The van der Waals surface area contributed by atoms with Gasteiger partial charge in [-0.15, -0.1) is 0 Å². The Bertz CT molecular complexity index is 709. The van der Waals surface area contributed by atoms with Crippen molar-refractivity contribution < 1.29 is 4.79 Å². The van der Waals surface area contributed by atoms with E-state index in [-0.39, 0.29) is 17.5 Å². The Morgan fingerprint density at radius 1 is 1.36 bits per heavy atom. The van der Waals surface area contributed by atoms with Gasteiger partial charge in [0.1, 0.15) is 5.82 Å². The van der Waals surface area contributed by atoms with Crippen molar-refractivity contribution in [3.8, 4) is 0 Å². The molecule has 2 rings (SSSR count). The van der Waals surface area contributed by atoms with Gasteiger partial charge in [0.05, 0.1) is 17.4 Å². The summed E-state index contributed by atoms with van der Waals surface area (Å²) in [7, 11) is 1.81. The van der Waals surface area contributed by atoms with Gasteiger partial charge in [0, 0.05) is 19.0 Å². The molecular formula is C16H22N4O2. The molecule has 1 heterocycles. The monoisotopic (exact) mass is 302 g/mol. The first-order valence-corrected chi connectivity index (χ1v) is 7.45. The molecule has 0 aliphatic heterocycles. The van der Waals surface area contributed by atoms with E-state index in [1.165, 1.54) is 0 Å². The van der Waals surface area contributed by atoms with Crippen molar-refractivity contribution in [1.29, 1.82) is 0 Å². The summed E-state index contributed by atoms with van der Waals surface area (Å²) >= 11 is 0. The maximum Gasteiger partial charge on any atom is 0.258 e. The van der Waals surface area contributed by atoms with Crippen LogP contribution < -0.4 is 10.9 Å². The number of carbonyl (C=O) groups is 1. The summed E-state index contributed by atoms with van der Waals surface area (Å²) in [6.45, 7) is 4.84. The molecule has 0 spiro atoms. The summed E-state index contributed by atoms with van der Waals surface area (Å²) in [6, 6.07) is 7.23. The second-order valence-corrected chi connectivity index (χ2v) is 5.50. The number of aromatic nitrogens is 2. The predicted molar refractivity (Wildman–Crippen MR) is 86.6 cm³/mol. The molecule has 0 bridgehead atoms. The fourth-order valence-corrected chi connectivity index (χ4v) is 2.31. The summed E-state index contributed by atoms with van der Waals surface area (Å²) in [5.74, 6) is 0.551. The maximum absolute atomic E-state index is 12.3. The highest BCUT2D eigenvalue weighted by Crippen LogP contribution is 2.10. The van der Waals surface area contributed by atoms with Crippen LogP contribution in [-0.4, -0.2) is 40.4 Å². The average Bonchev–Trinajstić information content (AvgIpc) is 2.50. The van der Waals surface area contributed by atoms with Gasteiger partial charge in [-0.3, -0.25) is 9.59 Å². The van der Waals surface area contributed by atoms with Crippen molar-refractivity contribution in [3.63, 3.8) is 0 Å². The number of nitrogens with one attached hydrogen (secondary N) is 2. The smallest absolute Gasteiger partial charge is 0.258 e. The second-order valence-electron chi connectivity index (χ2n) is 5.50. The van der Waals surface area contributed by atoms with Crippen LogP contribution in [0.5, 0.6) is 0 Å². The van der Waals surface area contributed by atoms with Crippen LogP contribution in [0.3, 0.4) is 0 Å². The molecule has 0 radical (unpaired) electrons. The van der Waals surface area contributed by atoms with Gasteiger partial charge in [0.2, 0.25) is 5.91 Å². The first kappa shape index (κ1) is 16.2. The molecule has 0 aliphatic carbocycles. The molecule has 0 saturated heterocycles. The number of H-pyrrole nitrogens is 1. The molecule has 0 atom stereocenters.